The topological polar surface area (TPSA) is 109 Å². The van der Waals surface area contributed by atoms with Gasteiger partial charge in [-0.2, -0.15) is 4.98 Å². The minimum absolute atomic E-state index is 0.157. The molecule has 0 aromatic carbocycles. The van der Waals surface area contributed by atoms with Gasteiger partial charge in [-0.25, -0.2) is 4.79 Å². The molecule has 4 unspecified atom stereocenters. The zero-order chi connectivity index (χ0) is 21.4. The number of hydrogen-bond donors (Lipinski definition) is 2. The van der Waals surface area contributed by atoms with Gasteiger partial charge in [0.2, 0.25) is 0 Å². The monoisotopic (exact) mass is 443 g/mol. The lowest BCUT2D eigenvalue weighted by Crippen LogP contribution is -2.39. The highest BCUT2D eigenvalue weighted by molar-refractivity contribution is 6.29. The first-order valence-electron chi connectivity index (χ1n) is 10.8. The van der Waals surface area contributed by atoms with Crippen LogP contribution in [0, 0.1) is 0 Å². The summed E-state index contributed by atoms with van der Waals surface area (Å²) < 4.78 is 19.6. The van der Waals surface area contributed by atoms with Gasteiger partial charge < -0.3 is 24.4 Å². The fourth-order valence-electron chi connectivity index (χ4n) is 3.53. The highest BCUT2D eigenvalue weighted by Crippen LogP contribution is 2.32. The molecule has 1 fully saturated rings. The van der Waals surface area contributed by atoms with Gasteiger partial charge in [0.05, 0.1) is 6.61 Å². The van der Waals surface area contributed by atoms with E-state index in [0.29, 0.717) is 17.7 Å². The van der Waals surface area contributed by atoms with Crippen LogP contribution in [-0.4, -0.2) is 59.1 Å². The Labute approximate surface area is 178 Å². The van der Waals surface area contributed by atoms with E-state index in [2.05, 4.69) is 32.7 Å². The fourth-order valence-corrected chi connectivity index (χ4v) is 6.03. The summed E-state index contributed by atoms with van der Waals surface area (Å²) in [7, 11) is -1.58. The van der Waals surface area contributed by atoms with Crippen molar-refractivity contribution in [1.82, 2.24) is 9.55 Å². The predicted molar refractivity (Wildman–Crippen MR) is 119 cm³/mol. The van der Waals surface area contributed by atoms with Crippen molar-refractivity contribution in [3.63, 3.8) is 0 Å². The number of anilines is 1. The first-order valence-corrected chi connectivity index (χ1v) is 13.6. The first-order chi connectivity index (χ1) is 13.9. The lowest BCUT2D eigenvalue weighted by Gasteiger charge is -2.24. The SMILES string of the molecule is CCC(CC)[SiH2]OCC1OC(n2ccc(N)nc2=O)C(O[SiH2]C(CC)CC)C1O. The molecule has 29 heavy (non-hydrogen) atoms. The zero-order valence-electron chi connectivity index (χ0n) is 18.1. The Morgan fingerprint density at radius 2 is 1.83 bits per heavy atom. The van der Waals surface area contributed by atoms with Crippen molar-refractivity contribution in [2.75, 3.05) is 12.3 Å². The molecule has 0 aliphatic carbocycles. The van der Waals surface area contributed by atoms with Crippen LogP contribution in [0.4, 0.5) is 5.82 Å². The summed E-state index contributed by atoms with van der Waals surface area (Å²) in [6, 6.07) is 1.55. The molecule has 0 amide bonds. The summed E-state index contributed by atoms with van der Waals surface area (Å²) in [6.45, 7) is 8.97. The van der Waals surface area contributed by atoms with Crippen LogP contribution in [0.5, 0.6) is 0 Å². The van der Waals surface area contributed by atoms with Crippen molar-refractivity contribution in [2.24, 2.45) is 0 Å². The van der Waals surface area contributed by atoms with Crippen LogP contribution in [0.25, 0.3) is 0 Å². The Morgan fingerprint density at radius 1 is 1.21 bits per heavy atom. The Morgan fingerprint density at radius 3 is 2.41 bits per heavy atom. The van der Waals surface area contributed by atoms with E-state index in [1.54, 1.807) is 12.3 Å². The fraction of sp³-hybridized carbons (Fsp3) is 0.789. The highest BCUT2D eigenvalue weighted by Gasteiger charge is 2.45. The van der Waals surface area contributed by atoms with E-state index >= 15 is 0 Å². The van der Waals surface area contributed by atoms with Crippen LogP contribution in [0.15, 0.2) is 17.1 Å². The summed E-state index contributed by atoms with van der Waals surface area (Å²) in [6.07, 6.45) is 3.18. The molecule has 4 atom stereocenters. The second-order valence-electron chi connectivity index (χ2n) is 7.80. The third-order valence-electron chi connectivity index (χ3n) is 5.91. The zero-order valence-corrected chi connectivity index (χ0v) is 20.9. The second kappa shape index (κ2) is 12.0. The van der Waals surface area contributed by atoms with E-state index in [-0.39, 0.29) is 5.82 Å². The summed E-state index contributed by atoms with van der Waals surface area (Å²) in [5.41, 5.74) is 6.27. The maximum atomic E-state index is 12.4. The van der Waals surface area contributed by atoms with Crippen molar-refractivity contribution >= 4 is 25.3 Å². The van der Waals surface area contributed by atoms with Gasteiger partial charge in [0.15, 0.2) is 25.8 Å². The lowest BCUT2D eigenvalue weighted by molar-refractivity contribution is -0.0484. The first kappa shape index (κ1) is 24.2. The summed E-state index contributed by atoms with van der Waals surface area (Å²) in [4.78, 5) is 16.2. The van der Waals surface area contributed by atoms with Gasteiger partial charge >= 0.3 is 5.69 Å². The van der Waals surface area contributed by atoms with Crippen LogP contribution < -0.4 is 11.4 Å². The number of aliphatic hydroxyl groups excluding tert-OH is 1. The molecule has 1 aliphatic heterocycles. The largest absolute Gasteiger partial charge is 0.421 e. The Balaban J connectivity index is 2.13. The van der Waals surface area contributed by atoms with Crippen molar-refractivity contribution in [1.29, 1.82) is 0 Å². The molecule has 1 aromatic heterocycles. The number of nitrogen functional groups attached to an aromatic ring is 1. The predicted octanol–water partition coefficient (Wildman–Crippen LogP) is 0.870. The summed E-state index contributed by atoms with van der Waals surface area (Å²) in [5, 5.41) is 10.9. The average Bonchev–Trinajstić information content (AvgIpc) is 3.01. The van der Waals surface area contributed by atoms with Crippen LogP contribution in [0.2, 0.25) is 11.1 Å². The highest BCUT2D eigenvalue weighted by atomic mass is 28.2. The summed E-state index contributed by atoms with van der Waals surface area (Å²) in [5.74, 6) is 0.157. The smallest absolute Gasteiger partial charge is 0.351 e. The molecular weight excluding hydrogens is 406 g/mol. The van der Waals surface area contributed by atoms with E-state index in [4.69, 9.17) is 19.3 Å². The maximum Gasteiger partial charge on any atom is 0.351 e. The molecule has 1 aromatic rings. The van der Waals surface area contributed by atoms with E-state index in [1.807, 2.05) is 0 Å². The van der Waals surface area contributed by atoms with Crippen molar-refractivity contribution < 1.29 is 18.7 Å². The Kier molecular flexibility index (Phi) is 10.00. The van der Waals surface area contributed by atoms with Crippen LogP contribution in [0.1, 0.15) is 59.6 Å². The third-order valence-corrected chi connectivity index (χ3v) is 10.2. The molecule has 10 heteroatoms. The summed E-state index contributed by atoms with van der Waals surface area (Å²) >= 11 is 0. The Hall–Kier alpha value is -1.05. The molecule has 0 bridgehead atoms. The van der Waals surface area contributed by atoms with Gasteiger partial charge in [-0.15, -0.1) is 0 Å². The van der Waals surface area contributed by atoms with Gasteiger partial charge in [0.25, 0.3) is 0 Å². The van der Waals surface area contributed by atoms with Crippen molar-refractivity contribution in [3.8, 4) is 0 Å². The van der Waals surface area contributed by atoms with E-state index in [0.717, 1.165) is 25.7 Å². The maximum absolute atomic E-state index is 12.4. The molecule has 1 saturated heterocycles. The third kappa shape index (κ3) is 6.46. The molecule has 0 radical (unpaired) electrons. The molecule has 0 saturated carbocycles. The van der Waals surface area contributed by atoms with Crippen LogP contribution in [0.3, 0.4) is 0 Å². The quantitative estimate of drug-likeness (QED) is 0.461. The number of aromatic nitrogens is 2. The molecular formula is C19H37N3O5Si2. The van der Waals surface area contributed by atoms with Gasteiger partial charge in [0.1, 0.15) is 24.1 Å². The molecule has 2 rings (SSSR count). The van der Waals surface area contributed by atoms with Crippen LogP contribution in [-0.2, 0) is 13.6 Å². The minimum atomic E-state index is -0.888. The Bertz CT molecular complexity index is 669. The number of hydrogen-bond acceptors (Lipinski definition) is 7. The van der Waals surface area contributed by atoms with Crippen molar-refractivity contribution in [2.45, 2.75) is 89.0 Å². The average molecular weight is 444 g/mol. The second-order valence-corrected chi connectivity index (χ2v) is 11.5. The van der Waals surface area contributed by atoms with Gasteiger partial charge in [-0.1, -0.05) is 53.4 Å². The van der Waals surface area contributed by atoms with E-state index < -0.39 is 49.8 Å². The normalized spacial score (nSPS) is 25.5. The minimum Gasteiger partial charge on any atom is -0.421 e. The molecule has 166 valence electrons. The van der Waals surface area contributed by atoms with Gasteiger partial charge in [-0.05, 0) is 17.1 Å². The van der Waals surface area contributed by atoms with Gasteiger partial charge in [-0.3, -0.25) is 4.57 Å². The molecule has 2 heterocycles. The standard InChI is InChI=1S/C19H37N3O5Si2/c1-5-12(6-2)28-25-11-14-16(23)17(27-29-13(7-3)8-4)18(26-14)22-10-9-15(20)21-19(22)24/h9-10,12-14,16-18,23H,5-8,11,28-29H2,1-4H3,(H2,20,21,24). The van der Waals surface area contributed by atoms with Crippen molar-refractivity contribution in [3.05, 3.63) is 22.7 Å². The van der Waals surface area contributed by atoms with Crippen LogP contribution >= 0.6 is 0 Å². The molecule has 3 N–H and O–H groups in total. The number of ether oxygens (including phenoxy) is 1. The van der Waals surface area contributed by atoms with E-state index in [1.165, 1.54) is 4.57 Å². The van der Waals surface area contributed by atoms with Gasteiger partial charge in [0, 0.05) is 6.20 Å². The number of nitrogens with two attached hydrogens (primary N) is 1. The number of nitrogens with zero attached hydrogens (tertiary/aromatic N) is 2. The molecule has 1 aliphatic rings. The number of aliphatic hydroxyl groups is 1. The molecule has 0 spiro atoms. The lowest BCUT2D eigenvalue weighted by atomic mass is 10.1. The number of rotatable bonds is 12. The van der Waals surface area contributed by atoms with E-state index in [9.17, 15) is 9.90 Å². The molecule has 8 nitrogen and oxygen atoms in total.